The van der Waals surface area contributed by atoms with E-state index in [1.54, 1.807) is 28.4 Å². The molecule has 3 aromatic rings. The van der Waals surface area contributed by atoms with Crippen LogP contribution in [0.5, 0.6) is 0 Å². The molecule has 190 valence electrons. The van der Waals surface area contributed by atoms with Gasteiger partial charge in [-0.15, -0.1) is 11.3 Å². The molecule has 0 radical (unpaired) electrons. The average molecular weight is 519 g/mol. The molecule has 0 bridgehead atoms. The Morgan fingerprint density at radius 1 is 1.06 bits per heavy atom. The molecule has 36 heavy (non-hydrogen) atoms. The Balaban J connectivity index is 1.60. The van der Waals surface area contributed by atoms with Gasteiger partial charge in [0.25, 0.3) is 5.91 Å². The van der Waals surface area contributed by atoms with Crippen LogP contribution >= 0.6 is 11.3 Å². The van der Waals surface area contributed by atoms with Crippen molar-refractivity contribution < 1.29 is 27.2 Å². The quantitative estimate of drug-likeness (QED) is 0.366. The Morgan fingerprint density at radius 2 is 1.72 bits per heavy atom. The van der Waals surface area contributed by atoms with E-state index in [1.165, 1.54) is 17.0 Å². The first-order chi connectivity index (χ1) is 17.0. The molecular weight excluding hydrogens is 492 g/mol. The van der Waals surface area contributed by atoms with Crippen LogP contribution in [0.1, 0.15) is 51.8 Å². The largest absolute Gasteiger partial charge is 0.416 e. The number of rotatable bonds is 6. The van der Waals surface area contributed by atoms with Crippen LogP contribution in [-0.4, -0.2) is 41.2 Å². The van der Waals surface area contributed by atoms with E-state index in [1.807, 2.05) is 25.3 Å². The summed E-state index contributed by atoms with van der Waals surface area (Å²) in [4.78, 5) is 31.1. The zero-order chi connectivity index (χ0) is 26.0. The predicted molar refractivity (Wildman–Crippen MR) is 130 cm³/mol. The van der Waals surface area contributed by atoms with Crippen molar-refractivity contribution >= 4 is 23.2 Å². The lowest BCUT2D eigenvalue weighted by molar-refractivity contribution is -0.137. The highest BCUT2D eigenvalue weighted by atomic mass is 32.1. The third-order valence-corrected chi connectivity index (χ3v) is 7.13. The molecule has 2 aromatic carbocycles. The maximum atomic E-state index is 13.6. The SMILES string of the molecule is CC(C)CN(CC(=O)N1CCc2sccc2C1c1ccc(F)cc1)C(=O)c1ccc(C(F)(F)F)cc1. The normalized spacial score (nSPS) is 15.6. The maximum absolute atomic E-state index is 13.6. The molecule has 1 aliphatic heterocycles. The van der Waals surface area contributed by atoms with Crippen LogP contribution in [0.15, 0.2) is 60.0 Å². The number of nitrogens with zero attached hydrogens (tertiary/aromatic N) is 2. The zero-order valence-electron chi connectivity index (χ0n) is 19.9. The third-order valence-electron chi connectivity index (χ3n) is 6.13. The summed E-state index contributed by atoms with van der Waals surface area (Å²) in [5, 5.41) is 1.97. The van der Waals surface area contributed by atoms with E-state index >= 15 is 0 Å². The molecular formula is C27H26F4N2O2S. The monoisotopic (exact) mass is 518 g/mol. The number of thiophene rings is 1. The van der Waals surface area contributed by atoms with Gasteiger partial charge in [-0.2, -0.15) is 13.2 Å². The number of hydrogen-bond donors (Lipinski definition) is 0. The fourth-order valence-electron chi connectivity index (χ4n) is 4.49. The summed E-state index contributed by atoms with van der Waals surface area (Å²) in [6.45, 7) is 4.30. The van der Waals surface area contributed by atoms with Gasteiger partial charge in [-0.1, -0.05) is 26.0 Å². The van der Waals surface area contributed by atoms with Gasteiger partial charge in [0.05, 0.1) is 11.6 Å². The first-order valence-electron chi connectivity index (χ1n) is 11.6. The standard InChI is InChI=1S/C27H26F4N2O2S/c1-17(2)15-32(26(35)19-3-7-20(8-4-19)27(29,30)31)16-24(34)33-13-11-23-22(12-14-36-23)25(33)18-5-9-21(28)10-6-18/h3-10,12,14,17,25H,11,13,15-16H2,1-2H3. The minimum absolute atomic E-state index is 0.0360. The Kier molecular flexibility index (Phi) is 7.49. The number of carbonyl (C=O) groups excluding carboxylic acids is 2. The van der Waals surface area contributed by atoms with Crippen LogP contribution in [0.4, 0.5) is 17.6 Å². The zero-order valence-corrected chi connectivity index (χ0v) is 20.7. The van der Waals surface area contributed by atoms with Crippen molar-refractivity contribution in [1.82, 2.24) is 9.80 Å². The third kappa shape index (κ3) is 5.61. The summed E-state index contributed by atoms with van der Waals surface area (Å²) in [5.74, 6) is -1.11. The molecule has 9 heteroatoms. The van der Waals surface area contributed by atoms with Crippen molar-refractivity contribution in [1.29, 1.82) is 0 Å². The number of alkyl halides is 3. The summed E-state index contributed by atoms with van der Waals surface area (Å²) >= 11 is 1.61. The predicted octanol–water partition coefficient (Wildman–Crippen LogP) is 6.18. The highest BCUT2D eigenvalue weighted by Gasteiger charge is 2.35. The molecule has 1 atom stereocenters. The number of amides is 2. The molecule has 0 aliphatic carbocycles. The average Bonchev–Trinajstić information content (AvgIpc) is 3.31. The van der Waals surface area contributed by atoms with E-state index in [2.05, 4.69) is 0 Å². The first kappa shape index (κ1) is 25.9. The molecule has 4 nitrogen and oxygen atoms in total. The van der Waals surface area contributed by atoms with Gasteiger partial charge >= 0.3 is 6.18 Å². The van der Waals surface area contributed by atoms with Gasteiger partial charge in [0.15, 0.2) is 0 Å². The maximum Gasteiger partial charge on any atom is 0.416 e. The summed E-state index contributed by atoms with van der Waals surface area (Å²) in [6, 6.07) is 11.6. The Bertz CT molecular complexity index is 1220. The van der Waals surface area contributed by atoms with Crippen LogP contribution in [0.2, 0.25) is 0 Å². The topological polar surface area (TPSA) is 40.6 Å². The molecule has 2 heterocycles. The van der Waals surface area contributed by atoms with Crippen molar-refractivity contribution in [3.05, 3.63) is 92.9 Å². The Labute approximate surface area is 211 Å². The van der Waals surface area contributed by atoms with Gasteiger partial charge in [0.2, 0.25) is 5.91 Å². The van der Waals surface area contributed by atoms with Crippen LogP contribution < -0.4 is 0 Å². The lowest BCUT2D eigenvalue weighted by Gasteiger charge is -2.38. The molecule has 1 unspecified atom stereocenters. The second-order valence-electron chi connectivity index (χ2n) is 9.24. The summed E-state index contributed by atoms with van der Waals surface area (Å²) in [6.07, 6.45) is -3.83. The Morgan fingerprint density at radius 3 is 2.33 bits per heavy atom. The number of fused-ring (bicyclic) bond motifs is 1. The first-order valence-corrected chi connectivity index (χ1v) is 12.5. The van der Waals surface area contributed by atoms with Gasteiger partial charge in [-0.05, 0) is 71.3 Å². The van der Waals surface area contributed by atoms with E-state index in [-0.39, 0.29) is 36.3 Å². The van der Waals surface area contributed by atoms with E-state index in [9.17, 15) is 27.2 Å². The minimum Gasteiger partial charge on any atom is -0.330 e. The van der Waals surface area contributed by atoms with Gasteiger partial charge in [-0.3, -0.25) is 9.59 Å². The van der Waals surface area contributed by atoms with Gasteiger partial charge in [0, 0.05) is 23.5 Å². The minimum atomic E-state index is -4.50. The van der Waals surface area contributed by atoms with E-state index < -0.39 is 23.7 Å². The highest BCUT2D eigenvalue weighted by Crippen LogP contribution is 2.38. The molecule has 1 aliphatic rings. The molecule has 4 rings (SSSR count). The summed E-state index contributed by atoms with van der Waals surface area (Å²) in [7, 11) is 0. The van der Waals surface area contributed by atoms with Crippen LogP contribution in [0.25, 0.3) is 0 Å². The van der Waals surface area contributed by atoms with E-state index in [0.29, 0.717) is 13.0 Å². The Hall–Kier alpha value is -3.20. The molecule has 0 spiro atoms. The van der Waals surface area contributed by atoms with Crippen LogP contribution in [0, 0.1) is 11.7 Å². The molecule has 1 aromatic heterocycles. The van der Waals surface area contributed by atoms with Crippen LogP contribution in [-0.2, 0) is 17.4 Å². The summed E-state index contributed by atoms with van der Waals surface area (Å²) < 4.78 is 52.4. The number of carbonyl (C=O) groups is 2. The van der Waals surface area contributed by atoms with Crippen molar-refractivity contribution in [2.75, 3.05) is 19.6 Å². The highest BCUT2D eigenvalue weighted by molar-refractivity contribution is 7.10. The van der Waals surface area contributed by atoms with E-state index in [0.717, 1.165) is 40.3 Å². The van der Waals surface area contributed by atoms with Gasteiger partial charge < -0.3 is 9.80 Å². The second-order valence-corrected chi connectivity index (χ2v) is 10.2. The molecule has 0 fully saturated rings. The number of hydrogen-bond acceptors (Lipinski definition) is 3. The van der Waals surface area contributed by atoms with Crippen molar-refractivity contribution in [2.45, 2.75) is 32.5 Å². The fourth-order valence-corrected chi connectivity index (χ4v) is 5.39. The van der Waals surface area contributed by atoms with E-state index in [4.69, 9.17) is 0 Å². The number of benzene rings is 2. The van der Waals surface area contributed by atoms with Crippen molar-refractivity contribution in [3.8, 4) is 0 Å². The van der Waals surface area contributed by atoms with Gasteiger partial charge in [-0.25, -0.2) is 4.39 Å². The summed E-state index contributed by atoms with van der Waals surface area (Å²) in [5.41, 5.74) is 1.00. The van der Waals surface area contributed by atoms with Crippen LogP contribution in [0.3, 0.4) is 0 Å². The second kappa shape index (κ2) is 10.4. The fraction of sp³-hybridized carbons (Fsp3) is 0.333. The molecule has 0 N–H and O–H groups in total. The van der Waals surface area contributed by atoms with Crippen molar-refractivity contribution in [3.63, 3.8) is 0 Å². The molecule has 0 saturated heterocycles. The smallest absolute Gasteiger partial charge is 0.330 e. The number of halogens is 4. The van der Waals surface area contributed by atoms with Crippen molar-refractivity contribution in [2.24, 2.45) is 5.92 Å². The molecule has 2 amide bonds. The lowest BCUT2D eigenvalue weighted by atomic mass is 9.93. The van der Waals surface area contributed by atoms with Gasteiger partial charge in [0.1, 0.15) is 12.4 Å². The lowest BCUT2D eigenvalue weighted by Crippen LogP contribution is -2.47. The molecule has 0 saturated carbocycles.